The highest BCUT2D eigenvalue weighted by atomic mass is 35.5. The molecule has 0 aliphatic carbocycles. The molecule has 3 rings (SSSR count). The molecule has 3 heterocycles. The SMILES string of the molecule is O=C(Cc1csc(-c2ccc(Cl)s2)n1)NC1CCNCC1. The summed E-state index contributed by atoms with van der Waals surface area (Å²) in [6.45, 7) is 1.95. The Morgan fingerprint density at radius 1 is 1.43 bits per heavy atom. The van der Waals surface area contributed by atoms with Gasteiger partial charge in [0.25, 0.3) is 0 Å². The molecule has 0 saturated carbocycles. The fourth-order valence-corrected chi connectivity index (χ4v) is 4.27. The Kier molecular flexibility index (Phi) is 4.90. The molecule has 1 amide bonds. The lowest BCUT2D eigenvalue weighted by molar-refractivity contribution is -0.121. The summed E-state index contributed by atoms with van der Waals surface area (Å²) in [5, 5.41) is 9.25. The van der Waals surface area contributed by atoms with E-state index in [1.165, 1.54) is 11.3 Å². The van der Waals surface area contributed by atoms with E-state index in [1.807, 2.05) is 17.5 Å². The van der Waals surface area contributed by atoms with Crippen LogP contribution >= 0.6 is 34.3 Å². The van der Waals surface area contributed by atoms with Crippen molar-refractivity contribution < 1.29 is 4.79 Å². The predicted octanol–water partition coefficient (Wildman–Crippen LogP) is 2.94. The number of nitrogens with zero attached hydrogens (tertiary/aromatic N) is 1. The van der Waals surface area contributed by atoms with Gasteiger partial charge in [0, 0.05) is 11.4 Å². The standard InChI is InChI=1S/C14H16ClN3OS2/c15-12-2-1-11(21-12)14-18-10(8-20-14)7-13(19)17-9-3-5-16-6-4-9/h1-2,8-9,16H,3-7H2,(H,17,19). The summed E-state index contributed by atoms with van der Waals surface area (Å²) >= 11 is 9.00. The van der Waals surface area contributed by atoms with Crippen LogP contribution in [0.3, 0.4) is 0 Å². The molecular weight excluding hydrogens is 326 g/mol. The highest BCUT2D eigenvalue weighted by molar-refractivity contribution is 7.23. The van der Waals surface area contributed by atoms with Crippen molar-refractivity contribution in [1.82, 2.24) is 15.6 Å². The minimum atomic E-state index is 0.0583. The lowest BCUT2D eigenvalue weighted by Gasteiger charge is -2.23. The monoisotopic (exact) mass is 341 g/mol. The van der Waals surface area contributed by atoms with Crippen molar-refractivity contribution in [2.24, 2.45) is 0 Å². The summed E-state index contributed by atoms with van der Waals surface area (Å²) in [6.07, 6.45) is 2.35. The van der Waals surface area contributed by atoms with Gasteiger partial charge >= 0.3 is 0 Å². The Hall–Kier alpha value is -0.950. The molecule has 7 heteroatoms. The number of nitrogens with one attached hydrogen (secondary N) is 2. The number of carbonyl (C=O) groups is 1. The molecule has 2 N–H and O–H groups in total. The van der Waals surface area contributed by atoms with Crippen LogP contribution in [-0.4, -0.2) is 30.0 Å². The van der Waals surface area contributed by atoms with E-state index in [0.717, 1.165) is 45.8 Å². The fourth-order valence-electron chi connectivity index (χ4n) is 2.34. The molecular formula is C14H16ClN3OS2. The number of halogens is 1. The van der Waals surface area contributed by atoms with Crippen molar-refractivity contribution in [3.8, 4) is 9.88 Å². The van der Waals surface area contributed by atoms with Crippen LogP contribution < -0.4 is 10.6 Å². The summed E-state index contributed by atoms with van der Waals surface area (Å²) in [5.41, 5.74) is 0.825. The largest absolute Gasteiger partial charge is 0.353 e. The minimum absolute atomic E-state index is 0.0583. The van der Waals surface area contributed by atoms with Gasteiger partial charge in [0.05, 0.1) is 21.3 Å². The molecule has 1 aliphatic rings. The smallest absolute Gasteiger partial charge is 0.226 e. The van der Waals surface area contributed by atoms with Crippen LogP contribution in [0.25, 0.3) is 9.88 Å². The Balaban J connectivity index is 1.57. The van der Waals surface area contributed by atoms with Crippen LogP contribution in [0.1, 0.15) is 18.5 Å². The van der Waals surface area contributed by atoms with Crippen molar-refractivity contribution in [3.05, 3.63) is 27.5 Å². The maximum Gasteiger partial charge on any atom is 0.226 e. The molecule has 0 atom stereocenters. The molecule has 1 saturated heterocycles. The maximum atomic E-state index is 12.0. The predicted molar refractivity (Wildman–Crippen MR) is 88.2 cm³/mol. The molecule has 2 aromatic heterocycles. The molecule has 0 bridgehead atoms. The van der Waals surface area contributed by atoms with Gasteiger partial charge in [-0.05, 0) is 38.1 Å². The third kappa shape index (κ3) is 4.03. The quantitative estimate of drug-likeness (QED) is 0.899. The number of thiophene rings is 1. The summed E-state index contributed by atoms with van der Waals surface area (Å²) in [7, 11) is 0. The van der Waals surface area contributed by atoms with Gasteiger partial charge in [-0.1, -0.05) is 11.6 Å². The molecule has 0 radical (unpaired) electrons. The van der Waals surface area contributed by atoms with E-state index in [9.17, 15) is 4.79 Å². The molecule has 1 aliphatic heterocycles. The van der Waals surface area contributed by atoms with E-state index in [4.69, 9.17) is 11.6 Å². The molecule has 4 nitrogen and oxygen atoms in total. The Morgan fingerprint density at radius 2 is 2.24 bits per heavy atom. The van der Waals surface area contributed by atoms with Crippen molar-refractivity contribution >= 4 is 40.2 Å². The fraction of sp³-hybridized carbons (Fsp3) is 0.429. The molecule has 2 aromatic rings. The Labute approximate surface area is 136 Å². The van der Waals surface area contributed by atoms with Crippen molar-refractivity contribution in [1.29, 1.82) is 0 Å². The number of amides is 1. The van der Waals surface area contributed by atoms with Crippen LogP contribution in [0.5, 0.6) is 0 Å². The first-order chi connectivity index (χ1) is 10.2. The number of aromatic nitrogens is 1. The Morgan fingerprint density at radius 3 is 2.95 bits per heavy atom. The van der Waals surface area contributed by atoms with Crippen molar-refractivity contribution in [3.63, 3.8) is 0 Å². The second kappa shape index (κ2) is 6.87. The van der Waals surface area contributed by atoms with Gasteiger partial charge in [0.1, 0.15) is 5.01 Å². The summed E-state index contributed by atoms with van der Waals surface area (Å²) < 4.78 is 0.755. The van der Waals surface area contributed by atoms with Gasteiger partial charge in [0.2, 0.25) is 5.91 Å². The summed E-state index contributed by atoms with van der Waals surface area (Å²) in [4.78, 5) is 17.6. The van der Waals surface area contributed by atoms with E-state index in [2.05, 4.69) is 15.6 Å². The Bertz CT molecular complexity index is 619. The van der Waals surface area contributed by atoms with E-state index >= 15 is 0 Å². The number of rotatable bonds is 4. The van der Waals surface area contributed by atoms with Gasteiger partial charge < -0.3 is 10.6 Å². The van der Waals surface area contributed by atoms with Crippen LogP contribution in [0.2, 0.25) is 4.34 Å². The van der Waals surface area contributed by atoms with Crippen molar-refractivity contribution in [2.45, 2.75) is 25.3 Å². The molecule has 112 valence electrons. The highest BCUT2D eigenvalue weighted by Crippen LogP contribution is 2.32. The molecule has 1 fully saturated rings. The zero-order valence-corrected chi connectivity index (χ0v) is 13.8. The first-order valence-electron chi connectivity index (χ1n) is 6.91. The number of thiazole rings is 1. The summed E-state index contributed by atoms with van der Waals surface area (Å²) in [6, 6.07) is 4.13. The van der Waals surface area contributed by atoms with Crippen LogP contribution in [0.15, 0.2) is 17.5 Å². The topological polar surface area (TPSA) is 54.0 Å². The maximum absolute atomic E-state index is 12.0. The summed E-state index contributed by atoms with van der Waals surface area (Å²) in [5.74, 6) is 0.0583. The zero-order valence-electron chi connectivity index (χ0n) is 11.4. The normalized spacial score (nSPS) is 16.0. The zero-order chi connectivity index (χ0) is 14.7. The molecule has 0 spiro atoms. The number of hydrogen-bond donors (Lipinski definition) is 2. The second-order valence-corrected chi connectivity index (χ2v) is 7.59. The van der Waals surface area contributed by atoms with E-state index in [-0.39, 0.29) is 5.91 Å². The average molecular weight is 342 g/mol. The van der Waals surface area contributed by atoms with Crippen LogP contribution in [0.4, 0.5) is 0 Å². The lowest BCUT2D eigenvalue weighted by atomic mass is 10.1. The number of piperidine rings is 1. The van der Waals surface area contributed by atoms with Gasteiger partial charge in [-0.2, -0.15) is 0 Å². The van der Waals surface area contributed by atoms with E-state index in [1.54, 1.807) is 11.3 Å². The van der Waals surface area contributed by atoms with Gasteiger partial charge in [-0.3, -0.25) is 4.79 Å². The van der Waals surface area contributed by atoms with E-state index in [0.29, 0.717) is 12.5 Å². The van der Waals surface area contributed by atoms with Crippen LogP contribution in [0, 0.1) is 0 Å². The third-order valence-corrected chi connectivity index (χ3v) is 5.67. The average Bonchev–Trinajstić information content (AvgIpc) is 3.09. The first kappa shape index (κ1) is 15.0. The van der Waals surface area contributed by atoms with Crippen LogP contribution in [-0.2, 0) is 11.2 Å². The van der Waals surface area contributed by atoms with Gasteiger partial charge in [-0.25, -0.2) is 4.98 Å². The van der Waals surface area contributed by atoms with Crippen molar-refractivity contribution in [2.75, 3.05) is 13.1 Å². The van der Waals surface area contributed by atoms with Gasteiger partial charge in [-0.15, -0.1) is 22.7 Å². The number of hydrogen-bond acceptors (Lipinski definition) is 5. The minimum Gasteiger partial charge on any atom is -0.353 e. The second-order valence-electron chi connectivity index (χ2n) is 5.02. The highest BCUT2D eigenvalue weighted by Gasteiger charge is 2.16. The van der Waals surface area contributed by atoms with Gasteiger partial charge in [0.15, 0.2) is 0 Å². The first-order valence-corrected chi connectivity index (χ1v) is 8.98. The molecule has 0 unspecified atom stereocenters. The molecule has 21 heavy (non-hydrogen) atoms. The van der Waals surface area contributed by atoms with E-state index < -0.39 is 0 Å². The molecule has 0 aromatic carbocycles. The lowest BCUT2D eigenvalue weighted by Crippen LogP contribution is -2.43. The third-order valence-electron chi connectivity index (χ3n) is 3.38. The number of carbonyl (C=O) groups excluding carboxylic acids is 1.